The van der Waals surface area contributed by atoms with Gasteiger partial charge in [0.1, 0.15) is 0 Å². The molecule has 1 aromatic rings. The van der Waals surface area contributed by atoms with Gasteiger partial charge in [0.2, 0.25) is 5.91 Å². The zero-order chi connectivity index (χ0) is 15.8. The van der Waals surface area contributed by atoms with Gasteiger partial charge in [0, 0.05) is 32.8 Å². The van der Waals surface area contributed by atoms with Crippen LogP contribution in [0.2, 0.25) is 0 Å². The second-order valence-electron chi connectivity index (χ2n) is 5.82. The summed E-state index contributed by atoms with van der Waals surface area (Å²) in [6.45, 7) is 8.17. The van der Waals surface area contributed by atoms with Crippen molar-refractivity contribution < 1.29 is 9.90 Å². The van der Waals surface area contributed by atoms with Crippen LogP contribution in [0.4, 0.5) is 0 Å². The molecule has 1 aromatic carbocycles. The maximum atomic E-state index is 12.4. The number of nitrogens with zero attached hydrogens (tertiary/aromatic N) is 2. The predicted octanol–water partition coefficient (Wildman–Crippen LogP) is 2.05. The number of likely N-dealkylation sites (N-methyl/N-ethyl adjacent to an activating group) is 1. The van der Waals surface area contributed by atoms with Crippen LogP contribution in [-0.2, 0) is 11.3 Å². The Balaban J connectivity index is 2.59. The second-order valence-corrected chi connectivity index (χ2v) is 5.82. The Kier molecular flexibility index (Phi) is 7.40. The van der Waals surface area contributed by atoms with E-state index < -0.39 is 0 Å². The molecule has 4 heteroatoms. The Hall–Kier alpha value is -1.39. The molecule has 0 aromatic heterocycles. The minimum absolute atomic E-state index is 0.116. The first-order valence-corrected chi connectivity index (χ1v) is 7.59. The first kappa shape index (κ1) is 17.7. The predicted molar refractivity (Wildman–Crippen MR) is 86.1 cm³/mol. The van der Waals surface area contributed by atoms with E-state index in [0.717, 1.165) is 6.54 Å². The number of amides is 1. The molecule has 0 fully saturated rings. The summed E-state index contributed by atoms with van der Waals surface area (Å²) >= 11 is 0. The molecular formula is C17H28N2O2. The molecule has 1 amide bonds. The molecule has 0 radical (unpaired) electrons. The zero-order valence-corrected chi connectivity index (χ0v) is 13.7. The van der Waals surface area contributed by atoms with Crippen LogP contribution in [0, 0.1) is 6.92 Å². The Morgan fingerprint density at radius 1 is 1.29 bits per heavy atom. The van der Waals surface area contributed by atoms with Gasteiger partial charge >= 0.3 is 0 Å². The normalized spacial score (nSPS) is 11.2. The summed E-state index contributed by atoms with van der Waals surface area (Å²) in [4.78, 5) is 16.2. The van der Waals surface area contributed by atoms with Gasteiger partial charge in [0.15, 0.2) is 0 Å². The molecule has 0 bridgehead atoms. The molecule has 0 aliphatic carbocycles. The van der Waals surface area contributed by atoms with Crippen molar-refractivity contribution in [2.45, 2.75) is 39.8 Å². The fourth-order valence-electron chi connectivity index (χ4n) is 2.22. The van der Waals surface area contributed by atoms with Gasteiger partial charge in [0.05, 0.1) is 6.54 Å². The number of aliphatic hydroxyl groups excluding tert-OH is 1. The van der Waals surface area contributed by atoms with E-state index in [1.54, 1.807) is 4.90 Å². The van der Waals surface area contributed by atoms with E-state index in [9.17, 15) is 4.79 Å². The summed E-state index contributed by atoms with van der Waals surface area (Å²) in [5.74, 6) is 0.116. The van der Waals surface area contributed by atoms with Gasteiger partial charge in [-0.15, -0.1) is 0 Å². The van der Waals surface area contributed by atoms with Crippen molar-refractivity contribution in [2.75, 3.05) is 26.7 Å². The molecule has 1 rings (SSSR count). The van der Waals surface area contributed by atoms with Crippen LogP contribution in [0.3, 0.4) is 0 Å². The standard InChI is InChI=1S/C17H28N2O2/c1-14(2)19(10-7-11-20)13-17(21)18(4)12-16-9-6-5-8-15(16)3/h5-6,8-9,14,20H,7,10-13H2,1-4H3. The number of hydrogen-bond donors (Lipinski definition) is 1. The van der Waals surface area contributed by atoms with Crippen molar-refractivity contribution in [3.05, 3.63) is 35.4 Å². The molecular weight excluding hydrogens is 264 g/mol. The van der Waals surface area contributed by atoms with Crippen LogP contribution in [0.1, 0.15) is 31.4 Å². The summed E-state index contributed by atoms with van der Waals surface area (Å²) in [5.41, 5.74) is 2.39. The Bertz CT molecular complexity index is 446. The molecule has 21 heavy (non-hydrogen) atoms. The largest absolute Gasteiger partial charge is 0.396 e. The van der Waals surface area contributed by atoms with Crippen LogP contribution in [0.15, 0.2) is 24.3 Å². The van der Waals surface area contributed by atoms with Crippen LogP contribution in [0.25, 0.3) is 0 Å². The topological polar surface area (TPSA) is 43.8 Å². The lowest BCUT2D eigenvalue weighted by Gasteiger charge is -2.28. The quantitative estimate of drug-likeness (QED) is 0.797. The first-order valence-electron chi connectivity index (χ1n) is 7.59. The lowest BCUT2D eigenvalue weighted by molar-refractivity contribution is -0.132. The Morgan fingerprint density at radius 3 is 2.52 bits per heavy atom. The summed E-state index contributed by atoms with van der Waals surface area (Å²) in [6, 6.07) is 8.44. The van der Waals surface area contributed by atoms with Crippen molar-refractivity contribution in [1.29, 1.82) is 0 Å². The van der Waals surface area contributed by atoms with Gasteiger partial charge < -0.3 is 10.0 Å². The van der Waals surface area contributed by atoms with Gasteiger partial charge in [-0.2, -0.15) is 0 Å². The average molecular weight is 292 g/mol. The highest BCUT2D eigenvalue weighted by Gasteiger charge is 2.17. The van der Waals surface area contributed by atoms with Gasteiger partial charge in [-0.3, -0.25) is 9.69 Å². The van der Waals surface area contributed by atoms with Gasteiger partial charge in [0.25, 0.3) is 0 Å². The molecule has 4 nitrogen and oxygen atoms in total. The van der Waals surface area contributed by atoms with Crippen molar-refractivity contribution in [3.63, 3.8) is 0 Å². The van der Waals surface area contributed by atoms with E-state index >= 15 is 0 Å². The first-order chi connectivity index (χ1) is 9.95. The summed E-state index contributed by atoms with van der Waals surface area (Å²) in [7, 11) is 1.85. The van der Waals surface area contributed by atoms with E-state index in [1.165, 1.54) is 11.1 Å². The van der Waals surface area contributed by atoms with Crippen LogP contribution >= 0.6 is 0 Å². The zero-order valence-electron chi connectivity index (χ0n) is 13.7. The maximum absolute atomic E-state index is 12.4. The fraction of sp³-hybridized carbons (Fsp3) is 0.588. The number of rotatable bonds is 8. The third kappa shape index (κ3) is 5.86. The highest BCUT2D eigenvalue weighted by Crippen LogP contribution is 2.10. The number of aliphatic hydroxyl groups is 1. The third-order valence-corrected chi connectivity index (χ3v) is 3.77. The molecule has 0 saturated carbocycles. The Morgan fingerprint density at radius 2 is 1.95 bits per heavy atom. The fourth-order valence-corrected chi connectivity index (χ4v) is 2.22. The monoisotopic (exact) mass is 292 g/mol. The van der Waals surface area contributed by atoms with Crippen molar-refractivity contribution >= 4 is 5.91 Å². The SMILES string of the molecule is Cc1ccccc1CN(C)C(=O)CN(CCCO)C(C)C. The van der Waals surface area contributed by atoms with Gasteiger partial charge in [-0.25, -0.2) is 0 Å². The molecule has 0 spiro atoms. The maximum Gasteiger partial charge on any atom is 0.236 e. The van der Waals surface area contributed by atoms with Gasteiger partial charge in [-0.05, 0) is 38.3 Å². The summed E-state index contributed by atoms with van der Waals surface area (Å²) in [6.07, 6.45) is 0.701. The highest BCUT2D eigenvalue weighted by molar-refractivity contribution is 5.78. The number of carbonyl (C=O) groups excluding carboxylic acids is 1. The number of benzene rings is 1. The summed E-state index contributed by atoms with van der Waals surface area (Å²) in [5, 5.41) is 8.94. The molecule has 0 unspecified atom stereocenters. The summed E-state index contributed by atoms with van der Waals surface area (Å²) < 4.78 is 0. The highest BCUT2D eigenvalue weighted by atomic mass is 16.3. The molecule has 0 atom stereocenters. The van der Waals surface area contributed by atoms with Crippen molar-refractivity contribution in [3.8, 4) is 0 Å². The van der Waals surface area contributed by atoms with Crippen LogP contribution < -0.4 is 0 Å². The number of aryl methyl sites for hydroxylation is 1. The molecule has 1 N–H and O–H groups in total. The van der Waals surface area contributed by atoms with Crippen LogP contribution in [0.5, 0.6) is 0 Å². The lowest BCUT2D eigenvalue weighted by atomic mass is 10.1. The van der Waals surface area contributed by atoms with E-state index in [1.807, 2.05) is 19.2 Å². The van der Waals surface area contributed by atoms with Gasteiger partial charge in [-0.1, -0.05) is 24.3 Å². The van der Waals surface area contributed by atoms with E-state index in [4.69, 9.17) is 5.11 Å². The molecule has 0 aliphatic rings. The smallest absolute Gasteiger partial charge is 0.236 e. The number of hydrogen-bond acceptors (Lipinski definition) is 3. The van der Waals surface area contributed by atoms with E-state index in [-0.39, 0.29) is 12.5 Å². The molecule has 0 aliphatic heterocycles. The van der Waals surface area contributed by atoms with E-state index in [0.29, 0.717) is 25.6 Å². The van der Waals surface area contributed by atoms with E-state index in [2.05, 4.69) is 37.8 Å². The third-order valence-electron chi connectivity index (χ3n) is 3.77. The number of carbonyl (C=O) groups is 1. The lowest BCUT2D eigenvalue weighted by Crippen LogP contribution is -2.42. The molecule has 0 saturated heterocycles. The average Bonchev–Trinajstić information content (AvgIpc) is 2.45. The minimum atomic E-state index is 0.116. The second kappa shape index (κ2) is 8.80. The molecule has 0 heterocycles. The Labute approximate surface area is 128 Å². The van der Waals surface area contributed by atoms with Crippen molar-refractivity contribution in [2.24, 2.45) is 0 Å². The minimum Gasteiger partial charge on any atom is -0.396 e. The molecule has 118 valence electrons. The van der Waals surface area contributed by atoms with Crippen molar-refractivity contribution in [1.82, 2.24) is 9.80 Å². The van der Waals surface area contributed by atoms with Crippen LogP contribution in [-0.4, -0.2) is 53.6 Å².